The summed E-state index contributed by atoms with van der Waals surface area (Å²) in [5.74, 6) is 0.552. The van der Waals surface area contributed by atoms with Crippen LogP contribution >= 0.6 is 11.6 Å². The Kier molecular flexibility index (Phi) is 9.09. The first-order valence-electron chi connectivity index (χ1n) is 13.0. The van der Waals surface area contributed by atoms with Gasteiger partial charge in [-0.05, 0) is 73.1 Å². The number of anilines is 1. The summed E-state index contributed by atoms with van der Waals surface area (Å²) in [6.07, 6.45) is 17.5. The molecule has 0 saturated heterocycles. The van der Waals surface area contributed by atoms with Crippen molar-refractivity contribution in [2.24, 2.45) is 5.92 Å². The quantitative estimate of drug-likeness (QED) is 0.272. The molecule has 2 aromatic carbocycles. The number of pyridine rings is 1. The third kappa shape index (κ3) is 5.78. The van der Waals surface area contributed by atoms with E-state index in [2.05, 4.69) is 128 Å². The minimum Gasteiger partial charge on any atom is -1.00 e. The van der Waals surface area contributed by atoms with Crippen LogP contribution in [0.2, 0.25) is 0 Å². The summed E-state index contributed by atoms with van der Waals surface area (Å²) in [5, 5.41) is 2.16. The van der Waals surface area contributed by atoms with Crippen molar-refractivity contribution >= 4 is 39.8 Å². The van der Waals surface area contributed by atoms with E-state index in [1.165, 1.54) is 44.4 Å². The van der Waals surface area contributed by atoms with Gasteiger partial charge in [0.25, 0.3) is 0 Å². The van der Waals surface area contributed by atoms with Crippen LogP contribution in [0.3, 0.4) is 0 Å². The first kappa shape index (κ1) is 27.4. The van der Waals surface area contributed by atoms with Crippen LogP contribution in [0, 0.1) is 5.92 Å². The molecule has 0 saturated carbocycles. The molecule has 1 aliphatic carbocycles. The highest BCUT2D eigenvalue weighted by molar-refractivity contribution is 6.32. The summed E-state index contributed by atoms with van der Waals surface area (Å²) < 4.78 is 2.29. The number of benzene rings is 2. The van der Waals surface area contributed by atoms with E-state index in [1.54, 1.807) is 0 Å². The van der Waals surface area contributed by atoms with Gasteiger partial charge in [0.15, 0.2) is 6.20 Å². The van der Waals surface area contributed by atoms with Crippen molar-refractivity contribution in [3.63, 3.8) is 0 Å². The molecule has 1 aromatic heterocycles. The Morgan fingerprint density at radius 1 is 0.973 bits per heavy atom. The fourth-order valence-electron chi connectivity index (χ4n) is 5.33. The van der Waals surface area contributed by atoms with Crippen LogP contribution in [-0.2, 0) is 6.54 Å². The molecule has 0 radical (unpaired) electrons. The number of hydrogen-bond donors (Lipinski definition) is 0. The Bertz CT molecular complexity index is 1440. The zero-order valence-electron chi connectivity index (χ0n) is 21.8. The van der Waals surface area contributed by atoms with Crippen LogP contribution in [0.15, 0.2) is 107 Å². The summed E-state index contributed by atoms with van der Waals surface area (Å²) in [6.45, 7) is 8.59. The van der Waals surface area contributed by atoms with Crippen LogP contribution < -0.4 is 33.4 Å². The van der Waals surface area contributed by atoms with Crippen molar-refractivity contribution in [3.05, 3.63) is 119 Å². The van der Waals surface area contributed by atoms with Crippen molar-refractivity contribution in [1.29, 1.82) is 0 Å². The second-order valence-corrected chi connectivity index (χ2v) is 10.1. The smallest absolute Gasteiger partial charge is 0.213 e. The second-order valence-electron chi connectivity index (χ2n) is 9.69. The van der Waals surface area contributed by atoms with Gasteiger partial charge in [-0.1, -0.05) is 73.2 Å². The molecule has 2 heterocycles. The summed E-state index contributed by atoms with van der Waals surface area (Å²) >= 11 is 7.01. The first-order chi connectivity index (χ1) is 17.6. The van der Waals surface area contributed by atoms with Crippen molar-refractivity contribution < 1.29 is 28.5 Å². The lowest BCUT2D eigenvalue weighted by Crippen LogP contribution is -3.00. The average Bonchev–Trinajstić information content (AvgIpc) is 2.92. The topological polar surface area (TPSA) is 7.12 Å². The van der Waals surface area contributed by atoms with Gasteiger partial charge in [-0.2, -0.15) is 4.57 Å². The van der Waals surface area contributed by atoms with E-state index in [1.807, 2.05) is 0 Å². The largest absolute Gasteiger partial charge is 1.00 e. The number of halogens is 2. The number of hydrogen-bond acceptors (Lipinski definition) is 1. The maximum atomic E-state index is 7.01. The van der Waals surface area contributed by atoms with Crippen LogP contribution in [-0.4, -0.2) is 6.54 Å². The minimum absolute atomic E-state index is 0. The standard InChI is InChI=1S/C33H34ClN2.HI/c1-4-35-20-18-25(29-10-6-8-12-31(29)35)14-16-27-22-24(3)23-28(33(27)34)17-15-26-19-21-36(5-2)32-13-9-7-11-30(26)32;/h6-21,24H,4-5,22-23H2,1-3H3;1H/q+1;/p-1. The molecule has 3 aromatic rings. The Morgan fingerprint density at radius 2 is 1.76 bits per heavy atom. The monoisotopic (exact) mass is 620 g/mol. The fraction of sp³-hybridized carbons (Fsp3) is 0.242. The summed E-state index contributed by atoms with van der Waals surface area (Å²) in [4.78, 5) is 2.29. The number of aryl methyl sites for hydroxylation is 1. The van der Waals surface area contributed by atoms with Crippen LogP contribution in [0.25, 0.3) is 22.6 Å². The van der Waals surface area contributed by atoms with E-state index in [-0.39, 0.29) is 24.0 Å². The van der Waals surface area contributed by atoms with E-state index in [0.717, 1.165) is 31.0 Å². The highest BCUT2D eigenvalue weighted by Crippen LogP contribution is 2.38. The average molecular weight is 621 g/mol. The van der Waals surface area contributed by atoms with E-state index in [0.29, 0.717) is 5.92 Å². The Hall–Kier alpha value is -2.63. The molecule has 1 unspecified atom stereocenters. The molecule has 37 heavy (non-hydrogen) atoms. The molecule has 2 nitrogen and oxygen atoms in total. The lowest BCUT2D eigenvalue weighted by molar-refractivity contribution is -0.667. The molecule has 0 bridgehead atoms. The number of allylic oxidation sites excluding steroid dienone is 8. The molecular formula is C33H34ClIN2. The lowest BCUT2D eigenvalue weighted by atomic mass is 9.86. The van der Waals surface area contributed by atoms with Gasteiger partial charge in [0.2, 0.25) is 5.52 Å². The van der Waals surface area contributed by atoms with Gasteiger partial charge in [-0.15, -0.1) is 0 Å². The van der Waals surface area contributed by atoms with Gasteiger partial charge in [-0.3, -0.25) is 0 Å². The van der Waals surface area contributed by atoms with Crippen LogP contribution in [0.4, 0.5) is 5.69 Å². The number of rotatable bonds is 5. The third-order valence-electron chi connectivity index (χ3n) is 7.23. The maximum absolute atomic E-state index is 7.01. The lowest BCUT2D eigenvalue weighted by Gasteiger charge is -2.26. The predicted octanol–water partition coefficient (Wildman–Crippen LogP) is 5.45. The molecule has 4 heteroatoms. The molecule has 0 N–H and O–H groups in total. The zero-order valence-corrected chi connectivity index (χ0v) is 24.7. The molecule has 5 rings (SSSR count). The van der Waals surface area contributed by atoms with Crippen LogP contribution in [0.5, 0.6) is 0 Å². The molecule has 190 valence electrons. The van der Waals surface area contributed by atoms with Gasteiger partial charge in [-0.25, -0.2) is 0 Å². The summed E-state index contributed by atoms with van der Waals surface area (Å²) in [5.41, 5.74) is 8.66. The maximum Gasteiger partial charge on any atom is 0.213 e. The van der Waals surface area contributed by atoms with Gasteiger partial charge < -0.3 is 28.9 Å². The second kappa shape index (κ2) is 12.3. The van der Waals surface area contributed by atoms with Gasteiger partial charge in [0, 0.05) is 41.2 Å². The molecule has 0 fully saturated rings. The molecule has 0 amide bonds. The van der Waals surface area contributed by atoms with Crippen LogP contribution in [0.1, 0.15) is 44.7 Å². The number of fused-ring (bicyclic) bond motifs is 2. The first-order valence-corrected chi connectivity index (χ1v) is 13.4. The number of aromatic nitrogens is 1. The van der Waals surface area contributed by atoms with E-state index >= 15 is 0 Å². The molecule has 1 atom stereocenters. The molecule has 2 aliphatic rings. The van der Waals surface area contributed by atoms with Gasteiger partial charge in [0.05, 0.1) is 5.39 Å². The highest BCUT2D eigenvalue weighted by Gasteiger charge is 2.20. The number of para-hydroxylation sites is 2. The van der Waals surface area contributed by atoms with Crippen molar-refractivity contribution in [3.8, 4) is 0 Å². The normalized spacial score (nSPS) is 19.7. The molecule has 0 spiro atoms. The Morgan fingerprint density at radius 3 is 2.57 bits per heavy atom. The zero-order chi connectivity index (χ0) is 25.1. The Labute approximate surface area is 243 Å². The highest BCUT2D eigenvalue weighted by atomic mass is 127. The Balaban J connectivity index is 0.00000320. The summed E-state index contributed by atoms with van der Waals surface area (Å²) in [6, 6.07) is 19.4. The van der Waals surface area contributed by atoms with Gasteiger partial charge in [0.1, 0.15) is 6.54 Å². The predicted molar refractivity (Wildman–Crippen MR) is 155 cm³/mol. The molecule has 1 aliphatic heterocycles. The van der Waals surface area contributed by atoms with Crippen molar-refractivity contribution in [2.75, 3.05) is 11.4 Å². The molecular weight excluding hydrogens is 587 g/mol. The summed E-state index contributed by atoms with van der Waals surface area (Å²) in [7, 11) is 0. The van der Waals surface area contributed by atoms with Crippen molar-refractivity contribution in [2.45, 2.75) is 40.2 Å². The fourth-order valence-corrected chi connectivity index (χ4v) is 5.61. The third-order valence-corrected chi connectivity index (χ3v) is 7.71. The van der Waals surface area contributed by atoms with E-state index in [9.17, 15) is 0 Å². The van der Waals surface area contributed by atoms with Crippen molar-refractivity contribution in [1.82, 2.24) is 0 Å². The SMILES string of the molecule is CCN1C=C/C(=C\C=C2/CC(C)CC(/C=C/c3cc[n+](CC)c4ccccc34)=C2Cl)c2ccccc21.[I-]. The number of nitrogens with zero attached hydrogens (tertiary/aromatic N) is 2. The van der Waals surface area contributed by atoms with E-state index < -0.39 is 0 Å². The van der Waals surface area contributed by atoms with E-state index in [4.69, 9.17) is 11.6 Å². The minimum atomic E-state index is 0. The van der Waals surface area contributed by atoms with Gasteiger partial charge >= 0.3 is 0 Å².